The van der Waals surface area contributed by atoms with Gasteiger partial charge >= 0.3 is 0 Å². The van der Waals surface area contributed by atoms with Crippen LogP contribution >= 0.6 is 0 Å². The summed E-state index contributed by atoms with van der Waals surface area (Å²) < 4.78 is 5.15. The molecule has 2 amide bonds. The van der Waals surface area contributed by atoms with E-state index in [1.165, 1.54) is 6.08 Å². The summed E-state index contributed by atoms with van der Waals surface area (Å²) in [6.07, 6.45) is 4.70. The highest BCUT2D eigenvalue weighted by Crippen LogP contribution is 2.22. The van der Waals surface area contributed by atoms with E-state index in [1.807, 2.05) is 48.5 Å². The first kappa shape index (κ1) is 20.3. The highest BCUT2D eigenvalue weighted by molar-refractivity contribution is 5.95. The largest absolute Gasteiger partial charge is 0.497 e. The quantitative estimate of drug-likeness (QED) is 0.576. The molecule has 158 valence electrons. The fraction of sp³-hybridized carbons (Fsp3) is 0.217. The zero-order valence-corrected chi connectivity index (χ0v) is 17.2. The average molecular weight is 417 g/mol. The van der Waals surface area contributed by atoms with Crippen molar-refractivity contribution >= 4 is 23.6 Å². The third kappa shape index (κ3) is 4.98. The molecule has 8 heteroatoms. The average Bonchev–Trinajstić information content (AvgIpc) is 3.46. The number of benzene rings is 2. The third-order valence-corrected chi connectivity index (χ3v) is 5.02. The van der Waals surface area contributed by atoms with E-state index in [0.717, 1.165) is 35.5 Å². The van der Waals surface area contributed by atoms with Gasteiger partial charge in [0.15, 0.2) is 5.82 Å². The lowest BCUT2D eigenvalue weighted by Crippen LogP contribution is -2.23. The molecule has 31 heavy (non-hydrogen) atoms. The first-order valence-electron chi connectivity index (χ1n) is 10.0. The van der Waals surface area contributed by atoms with Crippen molar-refractivity contribution in [3.05, 3.63) is 66.0 Å². The van der Waals surface area contributed by atoms with Gasteiger partial charge in [-0.25, -0.2) is 4.98 Å². The molecule has 2 aromatic carbocycles. The Morgan fingerprint density at radius 2 is 1.97 bits per heavy atom. The molecule has 1 aliphatic rings. The maximum Gasteiger partial charge on any atom is 0.244 e. The second-order valence-corrected chi connectivity index (χ2v) is 7.13. The fourth-order valence-electron chi connectivity index (χ4n) is 3.33. The van der Waals surface area contributed by atoms with Crippen LogP contribution in [0.2, 0.25) is 0 Å². The van der Waals surface area contributed by atoms with Gasteiger partial charge in [0.1, 0.15) is 11.6 Å². The Morgan fingerprint density at radius 3 is 2.65 bits per heavy atom. The molecular weight excluding hydrogens is 394 g/mol. The van der Waals surface area contributed by atoms with Crippen LogP contribution in [0.1, 0.15) is 24.2 Å². The number of hydrogen-bond donors (Lipinski definition) is 2. The molecule has 1 aromatic heterocycles. The van der Waals surface area contributed by atoms with Crippen LogP contribution in [0, 0.1) is 0 Å². The van der Waals surface area contributed by atoms with Crippen LogP contribution in [-0.4, -0.2) is 40.7 Å². The van der Waals surface area contributed by atoms with Crippen molar-refractivity contribution in [3.8, 4) is 17.1 Å². The van der Waals surface area contributed by atoms with Gasteiger partial charge in [-0.1, -0.05) is 12.1 Å². The zero-order valence-electron chi connectivity index (χ0n) is 17.2. The van der Waals surface area contributed by atoms with Crippen molar-refractivity contribution in [1.29, 1.82) is 0 Å². The Hall–Kier alpha value is -3.94. The van der Waals surface area contributed by atoms with Gasteiger partial charge in [0.05, 0.1) is 13.7 Å². The standard InChI is InChI=1S/C23H23N5O3/c1-31-19-11-7-17(8-12-19)23-25-20(26-27-23)15-24-21(29)13-6-16-4-9-18(10-5-16)28-14-2-3-22(28)30/h4-13H,2-3,14-15H2,1H3,(H,24,29)(H,25,26,27)/b13-6+. The van der Waals surface area contributed by atoms with Crippen LogP contribution in [0.25, 0.3) is 17.5 Å². The number of amides is 2. The summed E-state index contributed by atoms with van der Waals surface area (Å²) in [5, 5.41) is 9.80. The summed E-state index contributed by atoms with van der Waals surface area (Å²) in [5.74, 6) is 1.80. The van der Waals surface area contributed by atoms with E-state index in [0.29, 0.717) is 18.1 Å². The molecule has 0 atom stereocenters. The highest BCUT2D eigenvalue weighted by Gasteiger charge is 2.21. The minimum atomic E-state index is -0.235. The predicted molar refractivity (Wildman–Crippen MR) is 117 cm³/mol. The molecule has 3 aromatic rings. The Kier molecular flexibility index (Phi) is 6.07. The molecule has 8 nitrogen and oxygen atoms in total. The summed E-state index contributed by atoms with van der Waals surface area (Å²) in [5.41, 5.74) is 2.63. The van der Waals surface area contributed by atoms with E-state index in [2.05, 4.69) is 20.5 Å². The lowest BCUT2D eigenvalue weighted by atomic mass is 10.2. The van der Waals surface area contributed by atoms with Crippen molar-refractivity contribution in [2.24, 2.45) is 0 Å². The number of aromatic nitrogens is 3. The second-order valence-electron chi connectivity index (χ2n) is 7.13. The number of carbonyl (C=O) groups is 2. The van der Waals surface area contributed by atoms with Gasteiger partial charge in [0.25, 0.3) is 0 Å². The molecule has 0 spiro atoms. The second kappa shape index (κ2) is 9.25. The van der Waals surface area contributed by atoms with Gasteiger partial charge < -0.3 is 15.0 Å². The number of nitrogens with zero attached hydrogens (tertiary/aromatic N) is 3. The molecule has 0 bridgehead atoms. The molecule has 1 fully saturated rings. The van der Waals surface area contributed by atoms with Gasteiger partial charge in [0.2, 0.25) is 11.8 Å². The lowest BCUT2D eigenvalue weighted by molar-refractivity contribution is -0.117. The fourth-order valence-corrected chi connectivity index (χ4v) is 3.33. The van der Waals surface area contributed by atoms with Crippen LogP contribution < -0.4 is 15.0 Å². The highest BCUT2D eigenvalue weighted by atomic mass is 16.5. The minimum Gasteiger partial charge on any atom is -0.497 e. The normalized spacial score (nSPS) is 13.7. The maximum absolute atomic E-state index is 12.1. The number of nitrogens with one attached hydrogen (secondary N) is 2. The summed E-state index contributed by atoms with van der Waals surface area (Å²) in [4.78, 5) is 30.1. The molecule has 2 N–H and O–H groups in total. The molecule has 4 rings (SSSR count). The Morgan fingerprint density at radius 1 is 1.19 bits per heavy atom. The number of methoxy groups -OCH3 is 1. The van der Waals surface area contributed by atoms with E-state index < -0.39 is 0 Å². The molecule has 1 saturated heterocycles. The predicted octanol–water partition coefficient (Wildman–Crippen LogP) is 2.94. The van der Waals surface area contributed by atoms with Crippen LogP contribution in [-0.2, 0) is 16.1 Å². The topological polar surface area (TPSA) is 100 Å². The number of hydrogen-bond acceptors (Lipinski definition) is 5. The van der Waals surface area contributed by atoms with Gasteiger partial charge in [-0.15, -0.1) is 0 Å². The Bertz CT molecular complexity index is 1090. The maximum atomic E-state index is 12.1. The third-order valence-electron chi connectivity index (χ3n) is 5.02. The van der Waals surface area contributed by atoms with E-state index in [1.54, 1.807) is 18.1 Å². The van der Waals surface area contributed by atoms with Crippen molar-refractivity contribution in [2.45, 2.75) is 19.4 Å². The number of anilines is 1. The molecule has 0 radical (unpaired) electrons. The molecule has 2 heterocycles. The number of H-pyrrole nitrogens is 1. The van der Waals surface area contributed by atoms with E-state index in [9.17, 15) is 9.59 Å². The van der Waals surface area contributed by atoms with Crippen molar-refractivity contribution in [3.63, 3.8) is 0 Å². The molecule has 1 aliphatic heterocycles. The molecule has 0 saturated carbocycles. The van der Waals surface area contributed by atoms with Crippen LogP contribution in [0.5, 0.6) is 5.75 Å². The summed E-state index contributed by atoms with van der Waals surface area (Å²) in [6, 6.07) is 15.0. The Balaban J connectivity index is 1.29. The van der Waals surface area contributed by atoms with E-state index >= 15 is 0 Å². The number of rotatable bonds is 7. The minimum absolute atomic E-state index is 0.158. The Labute approximate surface area is 179 Å². The van der Waals surface area contributed by atoms with Crippen LogP contribution in [0.15, 0.2) is 54.6 Å². The van der Waals surface area contributed by atoms with Crippen molar-refractivity contribution < 1.29 is 14.3 Å². The summed E-state index contributed by atoms with van der Waals surface area (Å²) in [7, 11) is 1.61. The number of aromatic amines is 1. The van der Waals surface area contributed by atoms with Gasteiger partial charge in [0, 0.05) is 30.3 Å². The van der Waals surface area contributed by atoms with Crippen LogP contribution in [0.4, 0.5) is 5.69 Å². The number of carbonyl (C=O) groups excluding carboxylic acids is 2. The van der Waals surface area contributed by atoms with E-state index in [4.69, 9.17) is 4.74 Å². The van der Waals surface area contributed by atoms with Crippen molar-refractivity contribution in [2.75, 3.05) is 18.6 Å². The molecular formula is C23H23N5O3. The van der Waals surface area contributed by atoms with Crippen molar-refractivity contribution in [1.82, 2.24) is 20.5 Å². The monoisotopic (exact) mass is 417 g/mol. The first-order valence-corrected chi connectivity index (χ1v) is 10.0. The van der Waals surface area contributed by atoms with Gasteiger partial charge in [-0.3, -0.25) is 14.7 Å². The lowest BCUT2D eigenvalue weighted by Gasteiger charge is -2.15. The summed E-state index contributed by atoms with van der Waals surface area (Å²) in [6.45, 7) is 1.00. The molecule has 0 unspecified atom stereocenters. The molecule has 0 aliphatic carbocycles. The summed E-state index contributed by atoms with van der Waals surface area (Å²) >= 11 is 0. The van der Waals surface area contributed by atoms with Gasteiger partial charge in [-0.05, 0) is 54.5 Å². The number of ether oxygens (including phenoxy) is 1. The zero-order chi connectivity index (χ0) is 21.6. The smallest absolute Gasteiger partial charge is 0.244 e. The first-order chi connectivity index (χ1) is 15.1. The SMILES string of the molecule is COc1ccc(-c2n[nH]c(CNC(=O)/C=C/c3ccc(N4CCCC4=O)cc3)n2)cc1. The van der Waals surface area contributed by atoms with Crippen LogP contribution in [0.3, 0.4) is 0 Å². The van der Waals surface area contributed by atoms with E-state index in [-0.39, 0.29) is 18.4 Å². The van der Waals surface area contributed by atoms with Gasteiger partial charge in [-0.2, -0.15) is 5.10 Å².